The summed E-state index contributed by atoms with van der Waals surface area (Å²) < 4.78 is 57.7. The van der Waals surface area contributed by atoms with Gasteiger partial charge >= 0.3 is 6.18 Å². The average molecular weight is 437 g/mol. The molecular formula is C19H9ClF4N4O2. The SMILES string of the molecule is N#Cc1cccc(NC(=O)c2cc(C(F)(F)F)nnc2Oc2ccc(F)cc2Cl)c1. The monoisotopic (exact) mass is 436 g/mol. The molecule has 0 radical (unpaired) electrons. The second kappa shape index (κ2) is 8.34. The van der Waals surface area contributed by atoms with Crippen LogP contribution in [0.15, 0.2) is 48.5 Å². The number of nitrogens with one attached hydrogen (secondary N) is 1. The number of benzene rings is 2. The van der Waals surface area contributed by atoms with Crippen molar-refractivity contribution < 1.29 is 27.1 Å². The van der Waals surface area contributed by atoms with Gasteiger partial charge in [-0.15, -0.1) is 10.2 Å². The first-order valence-corrected chi connectivity index (χ1v) is 8.44. The van der Waals surface area contributed by atoms with Crippen LogP contribution in [0.2, 0.25) is 5.02 Å². The van der Waals surface area contributed by atoms with Crippen LogP contribution >= 0.6 is 11.6 Å². The minimum absolute atomic E-state index is 0.146. The van der Waals surface area contributed by atoms with Crippen LogP contribution < -0.4 is 10.1 Å². The number of carbonyl (C=O) groups excluding carboxylic acids is 1. The number of rotatable bonds is 4. The van der Waals surface area contributed by atoms with Gasteiger partial charge in [-0.1, -0.05) is 17.7 Å². The number of alkyl halides is 3. The van der Waals surface area contributed by atoms with Crippen LogP contribution in [0.5, 0.6) is 11.6 Å². The molecule has 0 aliphatic heterocycles. The number of aromatic nitrogens is 2. The van der Waals surface area contributed by atoms with Crippen LogP contribution in [-0.4, -0.2) is 16.1 Å². The predicted molar refractivity (Wildman–Crippen MR) is 97.6 cm³/mol. The van der Waals surface area contributed by atoms with E-state index in [1.165, 1.54) is 24.3 Å². The summed E-state index contributed by atoms with van der Waals surface area (Å²) in [5, 5.41) is 17.5. The summed E-state index contributed by atoms with van der Waals surface area (Å²) in [6, 6.07) is 11.1. The lowest BCUT2D eigenvalue weighted by atomic mass is 10.2. The molecule has 1 N–H and O–H groups in total. The highest BCUT2D eigenvalue weighted by molar-refractivity contribution is 6.32. The van der Waals surface area contributed by atoms with Crippen LogP contribution in [0.25, 0.3) is 0 Å². The van der Waals surface area contributed by atoms with E-state index in [1.807, 2.05) is 6.07 Å². The molecule has 152 valence electrons. The third-order valence-electron chi connectivity index (χ3n) is 3.65. The van der Waals surface area contributed by atoms with Gasteiger partial charge in [-0.25, -0.2) is 4.39 Å². The smallest absolute Gasteiger partial charge is 0.435 e. The molecule has 0 atom stereocenters. The van der Waals surface area contributed by atoms with Crippen molar-refractivity contribution in [1.29, 1.82) is 5.26 Å². The van der Waals surface area contributed by atoms with Crippen molar-refractivity contribution in [1.82, 2.24) is 10.2 Å². The molecule has 0 aliphatic carbocycles. The van der Waals surface area contributed by atoms with Gasteiger partial charge in [0, 0.05) is 5.69 Å². The Bertz CT molecular complexity index is 1160. The van der Waals surface area contributed by atoms with Gasteiger partial charge in [-0.05, 0) is 42.5 Å². The van der Waals surface area contributed by atoms with Crippen LogP contribution in [0.3, 0.4) is 0 Å². The third-order valence-corrected chi connectivity index (χ3v) is 3.94. The first-order chi connectivity index (χ1) is 14.2. The van der Waals surface area contributed by atoms with E-state index in [0.717, 1.165) is 18.2 Å². The molecule has 0 bridgehead atoms. The number of nitriles is 1. The maximum atomic E-state index is 13.2. The minimum Gasteiger partial charge on any atom is -0.435 e. The highest BCUT2D eigenvalue weighted by atomic mass is 35.5. The largest absolute Gasteiger partial charge is 0.435 e. The molecule has 2 aromatic carbocycles. The average Bonchev–Trinajstić information content (AvgIpc) is 2.69. The highest BCUT2D eigenvalue weighted by Gasteiger charge is 2.35. The molecule has 0 fully saturated rings. The Balaban J connectivity index is 2.00. The molecule has 1 amide bonds. The third kappa shape index (κ3) is 4.82. The Labute approximate surface area is 171 Å². The summed E-state index contributed by atoms with van der Waals surface area (Å²) in [6.07, 6.45) is -4.87. The second-order valence-electron chi connectivity index (χ2n) is 5.77. The fourth-order valence-electron chi connectivity index (χ4n) is 2.28. The van der Waals surface area contributed by atoms with Crippen molar-refractivity contribution in [2.75, 3.05) is 5.32 Å². The molecule has 1 aromatic heterocycles. The Morgan fingerprint density at radius 2 is 1.90 bits per heavy atom. The number of amides is 1. The van der Waals surface area contributed by atoms with Crippen molar-refractivity contribution in [3.8, 4) is 17.7 Å². The van der Waals surface area contributed by atoms with E-state index in [9.17, 15) is 22.4 Å². The molecule has 11 heteroatoms. The number of hydrogen-bond acceptors (Lipinski definition) is 5. The molecular weight excluding hydrogens is 428 g/mol. The van der Waals surface area contributed by atoms with Gasteiger partial charge in [0.15, 0.2) is 5.69 Å². The molecule has 1 heterocycles. The van der Waals surface area contributed by atoms with E-state index in [0.29, 0.717) is 6.07 Å². The van der Waals surface area contributed by atoms with Crippen molar-refractivity contribution in [3.05, 3.63) is 76.2 Å². The standard InChI is InChI=1S/C19H9ClF4N4O2/c20-14-7-11(21)4-5-15(14)30-18-13(8-16(27-28-18)19(22,23)24)17(29)26-12-3-1-2-10(6-12)9-25/h1-8H,(H,26,29). The Hall–Kier alpha value is -3.71. The zero-order chi connectivity index (χ0) is 21.9. The lowest BCUT2D eigenvalue weighted by molar-refractivity contribution is -0.141. The lowest BCUT2D eigenvalue weighted by Gasteiger charge is -2.13. The molecule has 0 unspecified atom stereocenters. The lowest BCUT2D eigenvalue weighted by Crippen LogP contribution is -2.18. The van der Waals surface area contributed by atoms with Crippen LogP contribution in [-0.2, 0) is 6.18 Å². The van der Waals surface area contributed by atoms with Crippen molar-refractivity contribution in [3.63, 3.8) is 0 Å². The molecule has 0 aliphatic rings. The number of nitrogens with zero attached hydrogens (tertiary/aromatic N) is 3. The van der Waals surface area contributed by atoms with Crippen molar-refractivity contribution >= 4 is 23.2 Å². The van der Waals surface area contributed by atoms with Gasteiger partial charge in [0.2, 0.25) is 0 Å². The van der Waals surface area contributed by atoms with Gasteiger partial charge in [0.25, 0.3) is 11.8 Å². The molecule has 0 spiro atoms. The Kier molecular flexibility index (Phi) is 5.84. The van der Waals surface area contributed by atoms with E-state index >= 15 is 0 Å². The molecule has 0 saturated carbocycles. The number of anilines is 1. The van der Waals surface area contributed by atoms with E-state index in [1.54, 1.807) is 0 Å². The first-order valence-electron chi connectivity index (χ1n) is 8.06. The van der Waals surface area contributed by atoms with Gasteiger partial charge in [-0.2, -0.15) is 18.4 Å². The van der Waals surface area contributed by atoms with E-state index < -0.39 is 35.0 Å². The van der Waals surface area contributed by atoms with Gasteiger partial charge < -0.3 is 10.1 Å². The Morgan fingerprint density at radius 3 is 2.57 bits per heavy atom. The van der Waals surface area contributed by atoms with E-state index in [-0.39, 0.29) is 22.0 Å². The summed E-state index contributed by atoms with van der Waals surface area (Å²) >= 11 is 5.85. The van der Waals surface area contributed by atoms with Crippen LogP contribution in [0, 0.1) is 17.1 Å². The second-order valence-corrected chi connectivity index (χ2v) is 6.18. The van der Waals surface area contributed by atoms with Crippen LogP contribution in [0.4, 0.5) is 23.2 Å². The maximum absolute atomic E-state index is 13.2. The van der Waals surface area contributed by atoms with Gasteiger partial charge in [0.05, 0.1) is 16.7 Å². The number of halogens is 5. The molecule has 0 saturated heterocycles. The first kappa shape index (κ1) is 21.0. The fourth-order valence-corrected chi connectivity index (χ4v) is 2.49. The van der Waals surface area contributed by atoms with Gasteiger partial charge in [0.1, 0.15) is 17.1 Å². The highest BCUT2D eigenvalue weighted by Crippen LogP contribution is 2.33. The number of carbonyl (C=O) groups is 1. The molecule has 3 rings (SSSR count). The zero-order valence-corrected chi connectivity index (χ0v) is 15.4. The summed E-state index contributed by atoms with van der Waals surface area (Å²) in [4.78, 5) is 12.6. The van der Waals surface area contributed by atoms with E-state index in [2.05, 4.69) is 15.5 Å². The number of ether oxygens (including phenoxy) is 1. The minimum atomic E-state index is -4.87. The topological polar surface area (TPSA) is 87.9 Å². The fraction of sp³-hybridized carbons (Fsp3) is 0.0526. The zero-order valence-electron chi connectivity index (χ0n) is 14.7. The van der Waals surface area contributed by atoms with Crippen molar-refractivity contribution in [2.24, 2.45) is 0 Å². The van der Waals surface area contributed by atoms with Gasteiger partial charge in [-0.3, -0.25) is 4.79 Å². The van der Waals surface area contributed by atoms with Crippen LogP contribution in [0.1, 0.15) is 21.6 Å². The number of hydrogen-bond donors (Lipinski definition) is 1. The molecule has 30 heavy (non-hydrogen) atoms. The summed E-state index contributed by atoms with van der Waals surface area (Å²) in [7, 11) is 0. The summed E-state index contributed by atoms with van der Waals surface area (Å²) in [6.45, 7) is 0. The predicted octanol–water partition coefficient (Wildman–Crippen LogP) is 5.20. The normalized spacial score (nSPS) is 10.9. The Morgan fingerprint density at radius 1 is 1.13 bits per heavy atom. The maximum Gasteiger partial charge on any atom is 0.435 e. The van der Waals surface area contributed by atoms with Crippen molar-refractivity contribution in [2.45, 2.75) is 6.18 Å². The molecule has 6 nitrogen and oxygen atoms in total. The molecule has 3 aromatic rings. The summed E-state index contributed by atoms with van der Waals surface area (Å²) in [5.74, 6) is -2.39. The quantitative estimate of drug-likeness (QED) is 0.568. The summed E-state index contributed by atoms with van der Waals surface area (Å²) in [5.41, 5.74) is -1.63. The van der Waals surface area contributed by atoms with E-state index in [4.69, 9.17) is 21.6 Å².